The Morgan fingerprint density at radius 3 is 2.54 bits per heavy atom. The van der Waals surface area contributed by atoms with Crippen LogP contribution in [0.1, 0.15) is 10.6 Å². The van der Waals surface area contributed by atoms with Crippen LogP contribution < -0.4 is 0 Å². The van der Waals surface area contributed by atoms with Crippen LogP contribution in [-0.4, -0.2) is 62.5 Å². The highest BCUT2D eigenvalue weighted by Crippen LogP contribution is 2.11. The first-order valence-electron chi connectivity index (χ1n) is 7.32. The Hall–Kier alpha value is -3.17. The molecule has 1 fully saturated rings. The van der Waals surface area contributed by atoms with E-state index in [-0.39, 0.29) is 29.8 Å². The number of nitrogens with zero attached hydrogens (tertiary/aromatic N) is 5. The number of carbonyl (C=O) groups excluding carboxylic acids is 2. The van der Waals surface area contributed by atoms with E-state index in [1.54, 1.807) is 21.9 Å². The summed E-state index contributed by atoms with van der Waals surface area (Å²) in [6.07, 6.45) is 3.76. The van der Waals surface area contributed by atoms with Crippen LogP contribution in [0, 0.1) is 10.1 Å². The summed E-state index contributed by atoms with van der Waals surface area (Å²) in [5.41, 5.74) is -0.156. The van der Waals surface area contributed by atoms with E-state index >= 15 is 0 Å². The summed E-state index contributed by atoms with van der Waals surface area (Å²) in [6, 6.07) is 3.25. The molecular weight excluding hydrogens is 318 g/mol. The van der Waals surface area contributed by atoms with Crippen LogP contribution in [0.5, 0.6) is 0 Å². The van der Waals surface area contributed by atoms with Gasteiger partial charge >= 0.3 is 5.69 Å². The average molecular weight is 333 g/mol. The monoisotopic (exact) mass is 333 g/mol. The molecule has 0 aliphatic carbocycles. The lowest BCUT2D eigenvalue weighted by molar-refractivity contribution is -0.385. The minimum Gasteiger partial charge on any atom is -0.459 e. The number of piperazine rings is 1. The van der Waals surface area contributed by atoms with Crippen molar-refractivity contribution in [3.8, 4) is 0 Å². The average Bonchev–Trinajstić information content (AvgIpc) is 3.26. The molecule has 3 heterocycles. The topological polar surface area (TPSA) is 115 Å². The van der Waals surface area contributed by atoms with E-state index in [0.717, 1.165) is 6.20 Å². The minimum atomic E-state index is -0.563. The van der Waals surface area contributed by atoms with E-state index in [1.807, 2.05) is 0 Å². The molecule has 2 aromatic rings. The van der Waals surface area contributed by atoms with Crippen LogP contribution >= 0.6 is 0 Å². The normalized spacial score (nSPS) is 14.7. The highest BCUT2D eigenvalue weighted by atomic mass is 16.6. The summed E-state index contributed by atoms with van der Waals surface area (Å²) in [5.74, 6) is -0.119. The smallest absolute Gasteiger partial charge is 0.307 e. The fourth-order valence-corrected chi connectivity index (χ4v) is 2.49. The summed E-state index contributed by atoms with van der Waals surface area (Å²) in [4.78, 5) is 37.7. The van der Waals surface area contributed by atoms with Crippen molar-refractivity contribution in [3.63, 3.8) is 0 Å². The largest absolute Gasteiger partial charge is 0.459 e. The molecule has 0 bridgehead atoms. The van der Waals surface area contributed by atoms with Crippen LogP contribution in [-0.2, 0) is 11.3 Å². The molecule has 0 radical (unpaired) electrons. The lowest BCUT2D eigenvalue weighted by Crippen LogP contribution is -2.51. The summed E-state index contributed by atoms with van der Waals surface area (Å²) < 4.78 is 6.32. The molecule has 1 saturated heterocycles. The van der Waals surface area contributed by atoms with Gasteiger partial charge in [-0.2, -0.15) is 5.10 Å². The maximum Gasteiger partial charge on any atom is 0.307 e. The van der Waals surface area contributed by atoms with E-state index in [1.165, 1.54) is 17.1 Å². The number of hydrogen-bond donors (Lipinski definition) is 0. The van der Waals surface area contributed by atoms with Gasteiger partial charge in [-0.1, -0.05) is 0 Å². The van der Waals surface area contributed by atoms with Crippen LogP contribution in [0.15, 0.2) is 35.2 Å². The van der Waals surface area contributed by atoms with E-state index in [2.05, 4.69) is 5.10 Å². The van der Waals surface area contributed by atoms with Crippen molar-refractivity contribution in [2.75, 3.05) is 26.2 Å². The van der Waals surface area contributed by atoms with Crippen LogP contribution in [0.3, 0.4) is 0 Å². The van der Waals surface area contributed by atoms with Crippen molar-refractivity contribution < 1.29 is 18.9 Å². The second-order valence-corrected chi connectivity index (χ2v) is 5.30. The number of aromatic nitrogens is 2. The molecule has 3 rings (SSSR count). The predicted molar refractivity (Wildman–Crippen MR) is 80.1 cm³/mol. The number of furan rings is 1. The van der Waals surface area contributed by atoms with Gasteiger partial charge in [-0.25, -0.2) is 0 Å². The maximum atomic E-state index is 12.2. The number of carbonyl (C=O) groups is 2. The van der Waals surface area contributed by atoms with Crippen LogP contribution in [0.2, 0.25) is 0 Å². The molecule has 126 valence electrons. The molecule has 1 aliphatic heterocycles. The zero-order chi connectivity index (χ0) is 17.1. The molecular formula is C14H15N5O5. The Labute approximate surface area is 136 Å². The maximum absolute atomic E-state index is 12.2. The second-order valence-electron chi connectivity index (χ2n) is 5.30. The fourth-order valence-electron chi connectivity index (χ4n) is 2.49. The van der Waals surface area contributed by atoms with Gasteiger partial charge in [-0.3, -0.25) is 24.4 Å². The molecule has 0 N–H and O–H groups in total. The lowest BCUT2D eigenvalue weighted by Gasteiger charge is -2.34. The fraction of sp³-hybridized carbons (Fsp3) is 0.357. The quantitative estimate of drug-likeness (QED) is 0.590. The van der Waals surface area contributed by atoms with Crippen molar-refractivity contribution in [3.05, 3.63) is 46.7 Å². The Morgan fingerprint density at radius 1 is 1.25 bits per heavy atom. The third kappa shape index (κ3) is 3.26. The van der Waals surface area contributed by atoms with Gasteiger partial charge in [0.05, 0.1) is 11.2 Å². The summed E-state index contributed by atoms with van der Waals surface area (Å²) in [7, 11) is 0. The van der Waals surface area contributed by atoms with Crippen molar-refractivity contribution in [1.29, 1.82) is 0 Å². The lowest BCUT2D eigenvalue weighted by atomic mass is 10.2. The SMILES string of the molecule is O=C(Cn1cc([N+](=O)[O-])cn1)N1CCN(C(=O)c2ccco2)CC1. The van der Waals surface area contributed by atoms with Gasteiger partial charge in [-0.15, -0.1) is 0 Å². The first-order chi connectivity index (χ1) is 11.5. The molecule has 0 spiro atoms. The standard InChI is InChI=1S/C14H15N5O5/c20-13(10-18-9-11(8-15-18)19(22)23)16-3-5-17(6-4-16)14(21)12-2-1-7-24-12/h1-2,7-9H,3-6,10H2. The van der Waals surface area contributed by atoms with Gasteiger partial charge < -0.3 is 14.2 Å². The third-order valence-electron chi connectivity index (χ3n) is 3.78. The Balaban J connectivity index is 1.53. The minimum absolute atomic E-state index is 0.0695. The van der Waals surface area contributed by atoms with E-state index in [4.69, 9.17) is 4.42 Å². The molecule has 2 amide bonds. The molecule has 0 saturated carbocycles. The highest BCUT2D eigenvalue weighted by molar-refractivity contribution is 5.91. The van der Waals surface area contributed by atoms with Crippen molar-refractivity contribution in [1.82, 2.24) is 19.6 Å². The number of rotatable bonds is 4. The van der Waals surface area contributed by atoms with Crippen LogP contribution in [0.25, 0.3) is 0 Å². The number of nitro groups is 1. The Kier molecular flexibility index (Phi) is 4.27. The van der Waals surface area contributed by atoms with E-state index in [0.29, 0.717) is 26.2 Å². The molecule has 24 heavy (non-hydrogen) atoms. The van der Waals surface area contributed by atoms with Gasteiger partial charge in [0.15, 0.2) is 5.76 Å². The predicted octanol–water partition coefficient (Wildman–Crippen LogP) is 0.369. The molecule has 0 atom stereocenters. The molecule has 0 aromatic carbocycles. The highest BCUT2D eigenvalue weighted by Gasteiger charge is 2.26. The van der Waals surface area contributed by atoms with E-state index < -0.39 is 4.92 Å². The van der Waals surface area contributed by atoms with Crippen molar-refractivity contribution in [2.24, 2.45) is 0 Å². The summed E-state index contributed by atoms with van der Waals surface area (Å²) >= 11 is 0. The first kappa shape index (κ1) is 15.7. The summed E-state index contributed by atoms with van der Waals surface area (Å²) in [5, 5.41) is 14.4. The molecule has 10 heteroatoms. The molecule has 0 unspecified atom stereocenters. The molecule has 2 aromatic heterocycles. The molecule has 1 aliphatic rings. The van der Waals surface area contributed by atoms with Gasteiger partial charge in [0, 0.05) is 26.2 Å². The molecule has 10 nitrogen and oxygen atoms in total. The third-order valence-corrected chi connectivity index (χ3v) is 3.78. The Bertz CT molecular complexity index is 745. The first-order valence-corrected chi connectivity index (χ1v) is 7.32. The van der Waals surface area contributed by atoms with E-state index in [9.17, 15) is 19.7 Å². The van der Waals surface area contributed by atoms with Gasteiger partial charge in [0.1, 0.15) is 18.9 Å². The number of hydrogen-bond acceptors (Lipinski definition) is 6. The second kappa shape index (κ2) is 6.52. The van der Waals surface area contributed by atoms with Crippen molar-refractivity contribution in [2.45, 2.75) is 6.54 Å². The number of amides is 2. The van der Waals surface area contributed by atoms with Gasteiger partial charge in [-0.05, 0) is 12.1 Å². The van der Waals surface area contributed by atoms with Crippen LogP contribution in [0.4, 0.5) is 5.69 Å². The summed E-state index contributed by atoms with van der Waals surface area (Å²) in [6.45, 7) is 1.54. The Morgan fingerprint density at radius 2 is 1.96 bits per heavy atom. The zero-order valence-corrected chi connectivity index (χ0v) is 12.7. The zero-order valence-electron chi connectivity index (χ0n) is 12.7. The van der Waals surface area contributed by atoms with Crippen molar-refractivity contribution >= 4 is 17.5 Å². The van der Waals surface area contributed by atoms with Gasteiger partial charge in [0.25, 0.3) is 5.91 Å². The van der Waals surface area contributed by atoms with Gasteiger partial charge in [0.2, 0.25) is 5.91 Å².